The molecule has 13 heavy (non-hydrogen) atoms. The predicted octanol–water partition coefficient (Wildman–Crippen LogP) is 0.376. The third-order valence-corrected chi connectivity index (χ3v) is 4.19. The Morgan fingerprint density at radius 2 is 1.69 bits per heavy atom. The molecule has 0 amide bonds. The number of ether oxygens (including phenoxy) is 1. The van der Waals surface area contributed by atoms with Crippen LogP contribution in [0.2, 0.25) is 0 Å². The molecule has 0 unspecified atom stereocenters. The maximum absolute atomic E-state index is 10.4. The van der Waals surface area contributed by atoms with E-state index in [9.17, 15) is 5.11 Å². The summed E-state index contributed by atoms with van der Waals surface area (Å²) in [7, 11) is 0. The van der Waals surface area contributed by atoms with E-state index >= 15 is 0 Å². The maximum atomic E-state index is 10.4. The van der Waals surface area contributed by atoms with Crippen LogP contribution in [-0.2, 0) is 4.74 Å². The number of hydrogen-bond acceptors (Lipinski definition) is 3. The first kappa shape index (κ1) is 8.21. The number of nitrogens with zero attached hydrogens (tertiary/aromatic N) is 1. The molecule has 0 aromatic rings. The lowest BCUT2D eigenvalue weighted by molar-refractivity contribution is -0.234. The fourth-order valence-electron chi connectivity index (χ4n) is 3.43. The third-order valence-electron chi connectivity index (χ3n) is 4.19. The molecular formula is C10H17NO2. The lowest BCUT2D eigenvalue weighted by Gasteiger charge is -2.51. The Labute approximate surface area is 78.7 Å². The molecule has 0 spiro atoms. The van der Waals surface area contributed by atoms with Crippen LogP contribution in [0, 0.1) is 0 Å². The fourth-order valence-corrected chi connectivity index (χ4v) is 3.43. The van der Waals surface area contributed by atoms with Gasteiger partial charge < -0.3 is 9.84 Å². The number of hydrogen-bond donors (Lipinski definition) is 1. The summed E-state index contributed by atoms with van der Waals surface area (Å²) in [6, 6.07) is 0. The molecule has 0 atom stereocenters. The Bertz CT molecular complexity index is 215. The van der Waals surface area contributed by atoms with Gasteiger partial charge in [-0.3, -0.25) is 4.90 Å². The van der Waals surface area contributed by atoms with Crippen molar-refractivity contribution in [2.75, 3.05) is 26.3 Å². The second-order valence-corrected chi connectivity index (χ2v) is 4.75. The molecule has 3 fully saturated rings. The molecule has 3 nitrogen and oxygen atoms in total. The van der Waals surface area contributed by atoms with Crippen molar-refractivity contribution in [2.24, 2.45) is 0 Å². The van der Waals surface area contributed by atoms with Crippen LogP contribution in [0.25, 0.3) is 0 Å². The summed E-state index contributed by atoms with van der Waals surface area (Å²) in [5.74, 6) is 0. The van der Waals surface area contributed by atoms with Crippen molar-refractivity contribution >= 4 is 0 Å². The Morgan fingerprint density at radius 3 is 2.15 bits per heavy atom. The van der Waals surface area contributed by atoms with Gasteiger partial charge in [0.05, 0.1) is 18.8 Å². The van der Waals surface area contributed by atoms with E-state index in [0.29, 0.717) is 13.2 Å². The van der Waals surface area contributed by atoms with Gasteiger partial charge in [0.1, 0.15) is 5.60 Å². The quantitative estimate of drug-likeness (QED) is 0.638. The molecule has 3 heterocycles. The molecule has 0 aliphatic carbocycles. The zero-order valence-electron chi connectivity index (χ0n) is 7.96. The maximum Gasteiger partial charge on any atom is 0.129 e. The molecule has 0 bridgehead atoms. The smallest absolute Gasteiger partial charge is 0.129 e. The molecule has 3 rings (SSSR count). The molecule has 3 heteroatoms. The molecule has 0 radical (unpaired) electrons. The van der Waals surface area contributed by atoms with Gasteiger partial charge >= 0.3 is 0 Å². The second-order valence-electron chi connectivity index (χ2n) is 4.75. The Hall–Kier alpha value is -0.120. The van der Waals surface area contributed by atoms with Crippen LogP contribution in [0.3, 0.4) is 0 Å². The van der Waals surface area contributed by atoms with Gasteiger partial charge in [0, 0.05) is 0 Å². The van der Waals surface area contributed by atoms with Crippen LogP contribution in [0.1, 0.15) is 25.7 Å². The standard InChI is InChI=1S/C10H17NO2/c12-10(7-13-8-10)9-3-1-5-11(9)6-2-4-9/h12H,1-8H2. The van der Waals surface area contributed by atoms with Gasteiger partial charge in [-0.2, -0.15) is 0 Å². The van der Waals surface area contributed by atoms with Crippen molar-refractivity contribution in [3.63, 3.8) is 0 Å². The predicted molar refractivity (Wildman–Crippen MR) is 48.5 cm³/mol. The second kappa shape index (κ2) is 2.47. The summed E-state index contributed by atoms with van der Waals surface area (Å²) in [5.41, 5.74) is -0.411. The number of aliphatic hydroxyl groups is 1. The van der Waals surface area contributed by atoms with E-state index in [2.05, 4.69) is 4.90 Å². The first-order chi connectivity index (χ1) is 6.27. The minimum atomic E-state index is -0.514. The van der Waals surface area contributed by atoms with Crippen LogP contribution >= 0.6 is 0 Å². The van der Waals surface area contributed by atoms with Gasteiger partial charge in [-0.05, 0) is 38.8 Å². The molecule has 3 saturated heterocycles. The number of rotatable bonds is 1. The molecular weight excluding hydrogens is 166 g/mol. The van der Waals surface area contributed by atoms with E-state index in [4.69, 9.17) is 4.74 Å². The van der Waals surface area contributed by atoms with Gasteiger partial charge in [0.25, 0.3) is 0 Å². The average Bonchev–Trinajstić information content (AvgIpc) is 2.57. The van der Waals surface area contributed by atoms with E-state index in [0.717, 1.165) is 0 Å². The third kappa shape index (κ3) is 0.853. The first-order valence-corrected chi connectivity index (χ1v) is 5.32. The van der Waals surface area contributed by atoms with Crippen LogP contribution in [0.15, 0.2) is 0 Å². The van der Waals surface area contributed by atoms with Crippen molar-refractivity contribution in [1.82, 2.24) is 4.90 Å². The minimum absolute atomic E-state index is 0.102. The molecule has 1 N–H and O–H groups in total. The Kier molecular flexibility index (Phi) is 1.56. The molecule has 3 aliphatic rings. The van der Waals surface area contributed by atoms with E-state index < -0.39 is 5.60 Å². The summed E-state index contributed by atoms with van der Waals surface area (Å²) >= 11 is 0. The summed E-state index contributed by atoms with van der Waals surface area (Å²) in [4.78, 5) is 2.50. The monoisotopic (exact) mass is 183 g/mol. The highest BCUT2D eigenvalue weighted by atomic mass is 16.5. The van der Waals surface area contributed by atoms with E-state index in [1.165, 1.54) is 38.8 Å². The van der Waals surface area contributed by atoms with Crippen LogP contribution in [0.5, 0.6) is 0 Å². The minimum Gasteiger partial charge on any atom is -0.383 e. The Morgan fingerprint density at radius 1 is 1.08 bits per heavy atom. The zero-order valence-corrected chi connectivity index (χ0v) is 7.96. The van der Waals surface area contributed by atoms with E-state index in [1.807, 2.05) is 0 Å². The fraction of sp³-hybridized carbons (Fsp3) is 1.00. The highest BCUT2D eigenvalue weighted by Gasteiger charge is 2.61. The van der Waals surface area contributed by atoms with Gasteiger partial charge in [-0.1, -0.05) is 0 Å². The summed E-state index contributed by atoms with van der Waals surface area (Å²) in [6.45, 7) is 3.48. The molecule has 0 saturated carbocycles. The van der Waals surface area contributed by atoms with Crippen molar-refractivity contribution in [3.05, 3.63) is 0 Å². The molecule has 3 aliphatic heterocycles. The summed E-state index contributed by atoms with van der Waals surface area (Å²) in [6.07, 6.45) is 4.85. The largest absolute Gasteiger partial charge is 0.383 e. The number of fused-ring (bicyclic) bond motifs is 1. The van der Waals surface area contributed by atoms with Crippen LogP contribution < -0.4 is 0 Å². The Balaban J connectivity index is 1.93. The molecule has 0 aromatic carbocycles. The SMILES string of the molecule is OC1(C23CCCN2CCC3)COC1. The van der Waals surface area contributed by atoms with Gasteiger partial charge in [-0.25, -0.2) is 0 Å². The van der Waals surface area contributed by atoms with Crippen LogP contribution in [-0.4, -0.2) is 47.4 Å². The van der Waals surface area contributed by atoms with Crippen LogP contribution in [0.4, 0.5) is 0 Å². The lowest BCUT2D eigenvalue weighted by atomic mass is 9.75. The topological polar surface area (TPSA) is 32.7 Å². The molecule has 0 aromatic heterocycles. The van der Waals surface area contributed by atoms with Gasteiger partial charge in [0.15, 0.2) is 0 Å². The average molecular weight is 183 g/mol. The molecule has 74 valence electrons. The summed E-state index contributed by atoms with van der Waals surface area (Å²) < 4.78 is 5.18. The van der Waals surface area contributed by atoms with Gasteiger partial charge in [-0.15, -0.1) is 0 Å². The van der Waals surface area contributed by atoms with Crippen molar-refractivity contribution in [3.8, 4) is 0 Å². The van der Waals surface area contributed by atoms with E-state index in [1.54, 1.807) is 0 Å². The lowest BCUT2D eigenvalue weighted by Crippen LogP contribution is -2.68. The summed E-state index contributed by atoms with van der Waals surface area (Å²) in [5, 5.41) is 10.4. The normalized spacial score (nSPS) is 35.8. The van der Waals surface area contributed by atoms with Crippen molar-refractivity contribution < 1.29 is 9.84 Å². The van der Waals surface area contributed by atoms with Crippen molar-refractivity contribution in [1.29, 1.82) is 0 Å². The highest BCUT2D eigenvalue weighted by Crippen LogP contribution is 2.48. The highest BCUT2D eigenvalue weighted by molar-refractivity contribution is 5.15. The van der Waals surface area contributed by atoms with Crippen molar-refractivity contribution in [2.45, 2.75) is 36.8 Å². The van der Waals surface area contributed by atoms with E-state index in [-0.39, 0.29) is 5.54 Å². The van der Waals surface area contributed by atoms with Gasteiger partial charge in [0.2, 0.25) is 0 Å². The zero-order chi connectivity index (χ0) is 8.94. The first-order valence-electron chi connectivity index (χ1n) is 5.32.